The third kappa shape index (κ3) is 5.50. The average Bonchev–Trinajstić information content (AvgIpc) is 3.53. The van der Waals surface area contributed by atoms with E-state index in [-0.39, 0.29) is 46.9 Å². The van der Waals surface area contributed by atoms with Crippen molar-refractivity contribution in [3.05, 3.63) is 54.6 Å². The molecule has 3 aliphatic rings. The molecule has 4 rings (SSSR count). The molecule has 230 valence electrons. The van der Waals surface area contributed by atoms with Crippen LogP contribution in [0.3, 0.4) is 0 Å². The zero-order valence-corrected chi connectivity index (χ0v) is 28.0. The van der Waals surface area contributed by atoms with Crippen molar-refractivity contribution in [2.24, 2.45) is 17.8 Å². The molecule has 7 atom stereocenters. The summed E-state index contributed by atoms with van der Waals surface area (Å²) in [6, 6.07) is 4.60. The van der Waals surface area contributed by atoms with E-state index < -0.39 is 28.7 Å². The Morgan fingerprint density at radius 1 is 1.19 bits per heavy atom. The van der Waals surface area contributed by atoms with Crippen LogP contribution < -0.4 is 4.90 Å². The van der Waals surface area contributed by atoms with E-state index in [1.807, 2.05) is 39.0 Å². The fourth-order valence-electron chi connectivity index (χ4n) is 7.57. The predicted molar refractivity (Wildman–Crippen MR) is 175 cm³/mol. The molecule has 0 aliphatic carbocycles. The van der Waals surface area contributed by atoms with Gasteiger partial charge in [0.1, 0.15) is 6.04 Å². The second kappa shape index (κ2) is 13.3. The Morgan fingerprint density at radius 3 is 2.38 bits per heavy atom. The average molecular weight is 661 g/mol. The van der Waals surface area contributed by atoms with E-state index >= 15 is 4.79 Å². The molecule has 3 aliphatic heterocycles. The van der Waals surface area contributed by atoms with Gasteiger partial charge in [-0.25, -0.2) is 0 Å². The van der Waals surface area contributed by atoms with Crippen LogP contribution in [0, 0.1) is 31.6 Å². The van der Waals surface area contributed by atoms with E-state index in [1.54, 1.807) is 38.6 Å². The summed E-state index contributed by atoms with van der Waals surface area (Å²) in [6.45, 7) is 19.0. The van der Waals surface area contributed by atoms with Gasteiger partial charge in [0.05, 0.1) is 29.2 Å². The number of aryl methyl sites for hydroxylation is 2. The summed E-state index contributed by atoms with van der Waals surface area (Å²) in [5.74, 6) is -1.41. The molecule has 1 N–H and O–H groups in total. The topological polar surface area (TPSA) is 81.2 Å². The van der Waals surface area contributed by atoms with Crippen molar-refractivity contribution in [3.63, 3.8) is 0 Å². The highest BCUT2D eigenvalue weighted by Gasteiger charge is 2.76. The third-order valence-electron chi connectivity index (χ3n) is 9.04. The van der Waals surface area contributed by atoms with Gasteiger partial charge in [-0.3, -0.25) is 14.4 Å². The number of hydrogen-bond acceptors (Lipinski definition) is 5. The summed E-state index contributed by atoms with van der Waals surface area (Å²) >= 11 is 5.52. The Balaban J connectivity index is 1.88. The third-order valence-corrected chi connectivity index (χ3v) is 12.3. The highest BCUT2D eigenvalue weighted by atomic mass is 79.9. The maximum atomic E-state index is 15.0. The van der Waals surface area contributed by atoms with Crippen LogP contribution in [0.2, 0.25) is 0 Å². The summed E-state index contributed by atoms with van der Waals surface area (Å²) in [5.41, 5.74) is 2.75. The van der Waals surface area contributed by atoms with Gasteiger partial charge in [-0.05, 0) is 50.2 Å². The molecule has 3 unspecified atom stereocenters. The first-order chi connectivity index (χ1) is 20.0. The molecule has 42 heavy (non-hydrogen) atoms. The predicted octanol–water partition coefficient (Wildman–Crippen LogP) is 5.12. The van der Waals surface area contributed by atoms with E-state index in [1.165, 1.54) is 0 Å². The quantitative estimate of drug-likeness (QED) is 0.235. The van der Waals surface area contributed by atoms with Gasteiger partial charge in [0, 0.05) is 35.4 Å². The van der Waals surface area contributed by atoms with Gasteiger partial charge >= 0.3 is 0 Å². The fraction of sp³-hybridized carbons (Fsp3) is 0.606. The van der Waals surface area contributed by atoms with Gasteiger partial charge in [-0.1, -0.05) is 67.1 Å². The summed E-state index contributed by atoms with van der Waals surface area (Å²) in [6.07, 6.45) is 5.40. The summed E-state index contributed by atoms with van der Waals surface area (Å²) in [5, 5.41) is 10.5. The zero-order valence-electron chi connectivity index (χ0n) is 25.6. The van der Waals surface area contributed by atoms with Crippen molar-refractivity contribution in [2.75, 3.05) is 31.1 Å². The van der Waals surface area contributed by atoms with Crippen molar-refractivity contribution < 1.29 is 19.5 Å². The van der Waals surface area contributed by atoms with Gasteiger partial charge in [-0.15, -0.1) is 24.9 Å². The molecule has 3 heterocycles. The van der Waals surface area contributed by atoms with Crippen molar-refractivity contribution >= 4 is 51.1 Å². The van der Waals surface area contributed by atoms with Gasteiger partial charge < -0.3 is 19.8 Å². The first-order valence-electron chi connectivity index (χ1n) is 15.1. The van der Waals surface area contributed by atoms with Crippen LogP contribution in [0.1, 0.15) is 51.2 Å². The van der Waals surface area contributed by atoms with Crippen LogP contribution in [0.15, 0.2) is 43.5 Å². The highest BCUT2D eigenvalue weighted by Crippen LogP contribution is 2.68. The normalized spacial score (nSPS) is 28.6. The number of anilines is 1. The number of para-hydroxylation sites is 1. The molecule has 3 amide bonds. The number of alkyl halides is 1. The maximum Gasteiger partial charge on any atom is 0.251 e. The van der Waals surface area contributed by atoms with Gasteiger partial charge in [0.25, 0.3) is 5.91 Å². The molecule has 0 aromatic heterocycles. The monoisotopic (exact) mass is 659 g/mol. The summed E-state index contributed by atoms with van der Waals surface area (Å²) < 4.78 is -0.792. The number of carbonyl (C=O) groups is 3. The number of carbonyl (C=O) groups excluding carboxylic acids is 3. The van der Waals surface area contributed by atoms with Crippen molar-refractivity contribution in [3.8, 4) is 0 Å². The molecule has 1 aromatic carbocycles. The number of likely N-dealkylation sites (tertiary alicyclic amines) is 1. The lowest BCUT2D eigenvalue weighted by atomic mass is 9.70. The zero-order chi connectivity index (χ0) is 30.9. The molecule has 7 nitrogen and oxygen atoms in total. The minimum atomic E-state index is -0.822. The van der Waals surface area contributed by atoms with E-state index in [9.17, 15) is 14.7 Å². The van der Waals surface area contributed by atoms with Gasteiger partial charge in [0.15, 0.2) is 0 Å². The SMILES string of the molecule is C=CCN(CCC)C(=O)[C@H]1[C@H]2C(=O)N([C@@H](CO)CC(C)C)C(C(=O)N(CC=C)c3c(C)cccc3C)C23CC(Br)[C@@H]1S3. The largest absolute Gasteiger partial charge is 0.394 e. The van der Waals surface area contributed by atoms with Crippen LogP contribution in [0.25, 0.3) is 0 Å². The smallest absolute Gasteiger partial charge is 0.251 e. The molecule has 3 fully saturated rings. The van der Waals surface area contributed by atoms with Crippen LogP contribution in [-0.2, 0) is 14.4 Å². The van der Waals surface area contributed by atoms with Gasteiger partial charge in [0.2, 0.25) is 11.8 Å². The lowest BCUT2D eigenvalue weighted by Crippen LogP contribution is -2.58. The minimum Gasteiger partial charge on any atom is -0.394 e. The molecular formula is C33H46BrN3O4S. The molecule has 0 radical (unpaired) electrons. The van der Waals surface area contributed by atoms with E-state index in [4.69, 9.17) is 0 Å². The lowest BCUT2D eigenvalue weighted by Gasteiger charge is -2.41. The van der Waals surface area contributed by atoms with E-state index in [0.717, 1.165) is 23.2 Å². The van der Waals surface area contributed by atoms with Crippen LogP contribution >= 0.6 is 27.7 Å². The minimum absolute atomic E-state index is 0.0197. The molecule has 9 heteroatoms. The molecule has 1 spiro atoms. The van der Waals surface area contributed by atoms with Crippen LogP contribution in [0.5, 0.6) is 0 Å². The molecule has 1 aromatic rings. The number of nitrogens with zero attached hydrogens (tertiary/aromatic N) is 3. The summed E-state index contributed by atoms with van der Waals surface area (Å²) in [4.78, 5) is 49.1. The molecule has 0 saturated carbocycles. The summed E-state index contributed by atoms with van der Waals surface area (Å²) in [7, 11) is 0. The Kier molecular flexibility index (Phi) is 10.4. The number of hydrogen-bond donors (Lipinski definition) is 1. The highest BCUT2D eigenvalue weighted by molar-refractivity contribution is 9.09. The standard InChI is InChI=1S/C33H46BrN3O4S/c1-8-14-35(15-9-2)30(39)25-26-31(40)37(23(19-38)17-20(4)5)29(33(26)18-24(34)28(25)42-33)32(41)36(16-10-3)27-21(6)12-11-13-22(27)7/h8,10-13,20,23-26,28-29,38H,1,3,9,14-19H2,2,4-7H3/t23-,24?,25+,26+,28+,29?,33?/m1/s1. The maximum absolute atomic E-state index is 15.0. The molecule has 3 saturated heterocycles. The molecule has 2 bridgehead atoms. The number of halogens is 1. The Labute approximate surface area is 263 Å². The van der Waals surface area contributed by atoms with Crippen molar-refractivity contribution in [1.82, 2.24) is 9.80 Å². The first-order valence-corrected chi connectivity index (χ1v) is 16.9. The van der Waals surface area contributed by atoms with E-state index in [0.29, 0.717) is 25.9 Å². The number of amides is 3. The Morgan fingerprint density at radius 2 is 1.83 bits per heavy atom. The Bertz CT molecular complexity index is 1200. The number of fused-ring (bicyclic) bond motifs is 1. The Hall–Kier alpha value is -2.10. The number of thioether (sulfide) groups is 1. The fourth-order valence-corrected chi connectivity index (χ4v) is 11.2. The number of rotatable bonds is 13. The molecular weight excluding hydrogens is 614 g/mol. The van der Waals surface area contributed by atoms with Crippen molar-refractivity contribution in [2.45, 2.75) is 80.8 Å². The number of aliphatic hydroxyl groups is 1. The number of benzene rings is 1. The van der Waals surface area contributed by atoms with Crippen LogP contribution in [-0.4, -0.2) is 85.8 Å². The van der Waals surface area contributed by atoms with Gasteiger partial charge in [-0.2, -0.15) is 0 Å². The first kappa shape index (κ1) is 32.8. The number of aliphatic hydroxyl groups excluding tert-OH is 1. The lowest BCUT2D eigenvalue weighted by molar-refractivity contribution is -0.145. The van der Waals surface area contributed by atoms with E-state index in [2.05, 4.69) is 42.9 Å². The van der Waals surface area contributed by atoms with Crippen LogP contribution in [0.4, 0.5) is 5.69 Å². The van der Waals surface area contributed by atoms with Crippen molar-refractivity contribution in [1.29, 1.82) is 0 Å². The second-order valence-electron chi connectivity index (χ2n) is 12.4. The second-order valence-corrected chi connectivity index (χ2v) is 15.1.